The molecule has 4 heteroatoms. The fraction of sp³-hybridized carbons (Fsp3) is 0. The minimum atomic E-state index is -1.25. The van der Waals surface area contributed by atoms with Crippen LogP contribution in [0.4, 0.5) is 4.39 Å². The Morgan fingerprint density at radius 1 is 1.11 bits per heavy atom. The Balaban J connectivity index is 2.16. The van der Waals surface area contributed by atoms with Gasteiger partial charge in [-0.05, 0) is 35.2 Å². The predicted octanol–water partition coefficient (Wildman–Crippen LogP) is 4.41. The lowest BCUT2D eigenvalue weighted by atomic mass is 10.1. The number of fused-ring (bicyclic) bond motifs is 1. The molecular formula is C15H9FO2S. The number of hydrogen-bond donors (Lipinski definition) is 1. The van der Waals surface area contributed by atoms with Crippen LogP contribution < -0.4 is 0 Å². The van der Waals surface area contributed by atoms with E-state index in [9.17, 15) is 9.18 Å². The van der Waals surface area contributed by atoms with E-state index in [1.54, 1.807) is 17.4 Å². The van der Waals surface area contributed by atoms with Gasteiger partial charge in [-0.3, -0.25) is 0 Å². The van der Waals surface area contributed by atoms with Crippen molar-refractivity contribution in [2.45, 2.75) is 0 Å². The fourth-order valence-electron chi connectivity index (χ4n) is 1.97. The molecule has 2 aromatic carbocycles. The molecule has 94 valence electrons. The molecule has 19 heavy (non-hydrogen) atoms. The van der Waals surface area contributed by atoms with E-state index < -0.39 is 11.8 Å². The number of carboxylic acids is 1. The number of halogens is 1. The summed E-state index contributed by atoms with van der Waals surface area (Å²) in [5, 5.41) is 10.0. The second kappa shape index (κ2) is 4.48. The summed E-state index contributed by atoms with van der Waals surface area (Å²) < 4.78 is 14.5. The van der Waals surface area contributed by atoms with Crippen molar-refractivity contribution in [2.24, 2.45) is 0 Å². The fourth-order valence-corrected chi connectivity index (χ4v) is 3.03. The number of benzene rings is 2. The maximum Gasteiger partial charge on any atom is 0.338 e. The third-order valence-corrected chi connectivity index (χ3v) is 4.07. The molecule has 0 radical (unpaired) electrons. The Labute approximate surface area is 112 Å². The quantitative estimate of drug-likeness (QED) is 0.750. The molecule has 0 bridgehead atoms. The molecule has 1 N–H and O–H groups in total. The highest BCUT2D eigenvalue weighted by atomic mass is 32.1. The van der Waals surface area contributed by atoms with Crippen LogP contribution >= 0.6 is 11.3 Å². The van der Waals surface area contributed by atoms with E-state index in [0.717, 1.165) is 20.5 Å². The molecule has 0 aliphatic heterocycles. The molecule has 0 aliphatic rings. The number of hydrogen-bond acceptors (Lipinski definition) is 2. The summed E-state index contributed by atoms with van der Waals surface area (Å²) in [6.45, 7) is 0. The van der Waals surface area contributed by atoms with Gasteiger partial charge in [-0.1, -0.05) is 24.3 Å². The van der Waals surface area contributed by atoms with Gasteiger partial charge in [0.25, 0.3) is 0 Å². The first-order valence-electron chi connectivity index (χ1n) is 5.67. The van der Waals surface area contributed by atoms with Gasteiger partial charge in [-0.25, -0.2) is 9.18 Å². The molecule has 0 saturated heterocycles. The van der Waals surface area contributed by atoms with Crippen LogP contribution in [0.15, 0.2) is 48.5 Å². The standard InChI is InChI=1S/C15H9FO2S/c16-12-6-5-10(7-11(12)15(17)18)14-8-9-3-1-2-4-13(9)19-14/h1-8H,(H,17,18). The average Bonchev–Trinajstić information content (AvgIpc) is 2.82. The van der Waals surface area contributed by atoms with Crippen molar-refractivity contribution in [3.05, 3.63) is 59.9 Å². The van der Waals surface area contributed by atoms with Crippen molar-refractivity contribution in [1.82, 2.24) is 0 Å². The Bertz CT molecular complexity index is 744. The van der Waals surface area contributed by atoms with Crippen LogP contribution in [0.2, 0.25) is 0 Å². The van der Waals surface area contributed by atoms with Gasteiger partial charge in [0.1, 0.15) is 5.82 Å². The van der Waals surface area contributed by atoms with E-state index in [-0.39, 0.29) is 5.56 Å². The zero-order chi connectivity index (χ0) is 13.4. The Morgan fingerprint density at radius 2 is 1.89 bits per heavy atom. The van der Waals surface area contributed by atoms with E-state index in [2.05, 4.69) is 0 Å². The van der Waals surface area contributed by atoms with E-state index >= 15 is 0 Å². The maximum atomic E-state index is 13.4. The molecule has 0 amide bonds. The van der Waals surface area contributed by atoms with Crippen molar-refractivity contribution in [2.75, 3.05) is 0 Å². The van der Waals surface area contributed by atoms with E-state index in [1.165, 1.54) is 12.1 Å². The second-order valence-corrected chi connectivity index (χ2v) is 5.23. The normalized spacial score (nSPS) is 10.8. The van der Waals surface area contributed by atoms with Gasteiger partial charge in [0.2, 0.25) is 0 Å². The lowest BCUT2D eigenvalue weighted by molar-refractivity contribution is 0.0692. The van der Waals surface area contributed by atoms with E-state index in [1.807, 2.05) is 30.3 Å². The van der Waals surface area contributed by atoms with E-state index in [0.29, 0.717) is 0 Å². The topological polar surface area (TPSA) is 37.3 Å². The highest BCUT2D eigenvalue weighted by Gasteiger charge is 2.12. The monoisotopic (exact) mass is 272 g/mol. The minimum absolute atomic E-state index is 0.296. The molecule has 3 aromatic rings. The largest absolute Gasteiger partial charge is 0.478 e. The number of carbonyl (C=O) groups is 1. The lowest BCUT2D eigenvalue weighted by Crippen LogP contribution is -2.00. The number of carboxylic acid groups (broad SMARTS) is 1. The van der Waals surface area contributed by atoms with Gasteiger partial charge < -0.3 is 5.11 Å². The maximum absolute atomic E-state index is 13.4. The smallest absolute Gasteiger partial charge is 0.338 e. The van der Waals surface area contributed by atoms with Crippen LogP contribution in [0.5, 0.6) is 0 Å². The van der Waals surface area contributed by atoms with Crippen LogP contribution in [0.1, 0.15) is 10.4 Å². The number of aromatic carboxylic acids is 1. The molecule has 0 atom stereocenters. The van der Waals surface area contributed by atoms with Crippen LogP contribution in [-0.4, -0.2) is 11.1 Å². The SMILES string of the molecule is O=C(O)c1cc(-c2cc3ccccc3s2)ccc1F. The number of thiophene rings is 1. The van der Waals surface area contributed by atoms with Crippen molar-refractivity contribution < 1.29 is 14.3 Å². The molecule has 2 nitrogen and oxygen atoms in total. The van der Waals surface area contributed by atoms with E-state index in [4.69, 9.17) is 5.11 Å². The summed E-state index contributed by atoms with van der Waals surface area (Å²) in [5.41, 5.74) is 0.426. The molecule has 0 fully saturated rings. The molecule has 3 rings (SSSR count). The third kappa shape index (κ3) is 2.11. The zero-order valence-electron chi connectivity index (χ0n) is 9.76. The Kier molecular flexibility index (Phi) is 2.80. The van der Waals surface area contributed by atoms with Gasteiger partial charge in [0, 0.05) is 9.58 Å². The van der Waals surface area contributed by atoms with Crippen molar-refractivity contribution in [3.63, 3.8) is 0 Å². The molecule has 0 spiro atoms. The average molecular weight is 272 g/mol. The first-order valence-corrected chi connectivity index (χ1v) is 6.48. The van der Waals surface area contributed by atoms with Crippen molar-refractivity contribution >= 4 is 27.4 Å². The van der Waals surface area contributed by atoms with Gasteiger partial charge in [-0.15, -0.1) is 11.3 Å². The summed E-state index contributed by atoms with van der Waals surface area (Å²) in [5.74, 6) is -1.96. The highest BCUT2D eigenvalue weighted by molar-refractivity contribution is 7.22. The van der Waals surface area contributed by atoms with Crippen molar-refractivity contribution in [1.29, 1.82) is 0 Å². The van der Waals surface area contributed by atoms with Crippen LogP contribution in [0, 0.1) is 5.82 Å². The zero-order valence-corrected chi connectivity index (χ0v) is 10.6. The Morgan fingerprint density at radius 3 is 2.63 bits per heavy atom. The summed E-state index contributed by atoms with van der Waals surface area (Å²) in [4.78, 5) is 11.9. The Hall–Kier alpha value is -2.20. The lowest BCUT2D eigenvalue weighted by Gasteiger charge is -2.01. The predicted molar refractivity (Wildman–Crippen MR) is 74.2 cm³/mol. The molecule has 0 unspecified atom stereocenters. The highest BCUT2D eigenvalue weighted by Crippen LogP contribution is 2.34. The third-order valence-electron chi connectivity index (χ3n) is 2.91. The second-order valence-electron chi connectivity index (χ2n) is 4.15. The van der Waals surface area contributed by atoms with Crippen LogP contribution in [0.25, 0.3) is 20.5 Å². The summed E-state index contributed by atoms with van der Waals surface area (Å²) >= 11 is 1.56. The van der Waals surface area contributed by atoms with Crippen molar-refractivity contribution in [3.8, 4) is 10.4 Å². The molecule has 0 saturated carbocycles. The molecule has 0 aliphatic carbocycles. The molecule has 1 heterocycles. The van der Waals surface area contributed by atoms with Gasteiger partial charge in [0.05, 0.1) is 5.56 Å². The molecular weight excluding hydrogens is 263 g/mol. The summed E-state index contributed by atoms with van der Waals surface area (Å²) in [6, 6.07) is 14.1. The minimum Gasteiger partial charge on any atom is -0.478 e. The first kappa shape index (κ1) is 11.9. The van der Waals surface area contributed by atoms with Gasteiger partial charge in [-0.2, -0.15) is 0 Å². The first-order chi connectivity index (χ1) is 9.15. The van der Waals surface area contributed by atoms with Crippen LogP contribution in [-0.2, 0) is 0 Å². The summed E-state index contributed by atoms with van der Waals surface area (Å²) in [7, 11) is 0. The van der Waals surface area contributed by atoms with Crippen LogP contribution in [0.3, 0.4) is 0 Å². The van der Waals surface area contributed by atoms with Gasteiger partial charge >= 0.3 is 5.97 Å². The van der Waals surface area contributed by atoms with Gasteiger partial charge in [0.15, 0.2) is 0 Å². The summed E-state index contributed by atoms with van der Waals surface area (Å²) in [6.07, 6.45) is 0. The number of rotatable bonds is 2. The molecule has 1 aromatic heterocycles.